The number of fused-ring (bicyclic) bond motifs is 1. The molecule has 0 saturated carbocycles. The molecule has 10 heteroatoms. The second-order valence-electron chi connectivity index (χ2n) is 8.14. The molecule has 5 rings (SSSR count). The van der Waals surface area contributed by atoms with Crippen LogP contribution in [0.1, 0.15) is 21.7 Å². The summed E-state index contributed by atoms with van der Waals surface area (Å²) in [4.78, 5) is 33.6. The molecule has 4 aromatic rings. The number of furan rings is 1. The number of benzene rings is 1. The van der Waals surface area contributed by atoms with Crippen molar-refractivity contribution in [1.82, 2.24) is 14.5 Å². The molecule has 3 aromatic heterocycles. The van der Waals surface area contributed by atoms with Gasteiger partial charge in [0.2, 0.25) is 0 Å². The van der Waals surface area contributed by atoms with Crippen molar-refractivity contribution in [2.24, 2.45) is 0 Å². The molecule has 0 radical (unpaired) electrons. The van der Waals surface area contributed by atoms with Gasteiger partial charge in [-0.1, -0.05) is 12.1 Å². The van der Waals surface area contributed by atoms with E-state index in [9.17, 15) is 23.6 Å². The zero-order valence-electron chi connectivity index (χ0n) is 18.4. The van der Waals surface area contributed by atoms with Crippen molar-refractivity contribution in [2.75, 3.05) is 31.1 Å². The molecular weight excluding hydrogens is 456 g/mol. The lowest BCUT2D eigenvalue weighted by molar-refractivity contribution is 0.0715. The summed E-state index contributed by atoms with van der Waals surface area (Å²) in [5, 5.41) is 10.2. The van der Waals surface area contributed by atoms with Crippen LogP contribution >= 0.6 is 0 Å². The van der Waals surface area contributed by atoms with Gasteiger partial charge < -0.3 is 14.2 Å². The van der Waals surface area contributed by atoms with Crippen molar-refractivity contribution in [3.05, 3.63) is 93.8 Å². The van der Waals surface area contributed by atoms with E-state index in [0.717, 1.165) is 6.20 Å². The first-order valence-corrected chi connectivity index (χ1v) is 10.9. The Morgan fingerprint density at radius 2 is 1.89 bits per heavy atom. The Morgan fingerprint density at radius 3 is 2.57 bits per heavy atom. The highest BCUT2D eigenvalue weighted by molar-refractivity contribution is 5.94. The molecule has 1 fully saturated rings. The average Bonchev–Trinajstić information content (AvgIpc) is 3.40. The molecule has 35 heavy (non-hydrogen) atoms. The molecule has 0 aliphatic carbocycles. The van der Waals surface area contributed by atoms with Crippen molar-refractivity contribution < 1.29 is 18.0 Å². The highest BCUT2D eigenvalue weighted by Gasteiger charge is 2.28. The van der Waals surface area contributed by atoms with Gasteiger partial charge in [-0.25, -0.2) is 13.8 Å². The molecule has 1 aliphatic heterocycles. The molecule has 0 spiro atoms. The Kier molecular flexibility index (Phi) is 5.74. The second-order valence-corrected chi connectivity index (χ2v) is 8.14. The summed E-state index contributed by atoms with van der Waals surface area (Å²) in [6, 6.07) is 12.2. The first-order chi connectivity index (χ1) is 17.0. The van der Waals surface area contributed by atoms with Gasteiger partial charge in [-0.05, 0) is 35.9 Å². The second kappa shape index (κ2) is 9.02. The SMILES string of the molecule is N#Cc1c(N2CCN(C(=O)c3ccco3)CC2)c2cc(F)cnc2n(Cc2cccc(F)c2)c1=O. The van der Waals surface area contributed by atoms with E-state index in [-0.39, 0.29) is 35.1 Å². The molecule has 0 unspecified atom stereocenters. The Labute approximate surface area is 198 Å². The Bertz CT molecular complexity index is 1520. The number of hydrogen-bond acceptors (Lipinski definition) is 6. The number of rotatable bonds is 4. The first kappa shape index (κ1) is 22.3. The van der Waals surface area contributed by atoms with Gasteiger partial charge in [-0.15, -0.1) is 0 Å². The zero-order valence-corrected chi connectivity index (χ0v) is 18.4. The van der Waals surface area contributed by atoms with E-state index in [0.29, 0.717) is 37.1 Å². The summed E-state index contributed by atoms with van der Waals surface area (Å²) >= 11 is 0. The number of carbonyl (C=O) groups is 1. The topological polar surface area (TPSA) is 95.4 Å². The van der Waals surface area contributed by atoms with Crippen LogP contribution in [0.3, 0.4) is 0 Å². The van der Waals surface area contributed by atoms with Gasteiger partial charge in [-0.2, -0.15) is 5.26 Å². The van der Waals surface area contributed by atoms with E-state index in [4.69, 9.17) is 4.42 Å². The molecule has 0 bridgehead atoms. The van der Waals surface area contributed by atoms with Gasteiger partial charge in [-0.3, -0.25) is 14.2 Å². The van der Waals surface area contributed by atoms with Gasteiger partial charge in [0.25, 0.3) is 11.5 Å². The van der Waals surface area contributed by atoms with Crippen LogP contribution in [0.15, 0.2) is 64.1 Å². The molecule has 0 atom stereocenters. The Balaban J connectivity index is 1.55. The van der Waals surface area contributed by atoms with Crippen LogP contribution in [0.4, 0.5) is 14.5 Å². The highest BCUT2D eigenvalue weighted by Crippen LogP contribution is 2.30. The Morgan fingerprint density at radius 1 is 1.09 bits per heavy atom. The number of piperazine rings is 1. The number of amides is 1. The molecule has 1 aromatic carbocycles. The summed E-state index contributed by atoms with van der Waals surface area (Å²) in [6.07, 6.45) is 2.43. The molecular formula is C25H19F2N5O3. The smallest absolute Gasteiger partial charge is 0.289 e. The third kappa shape index (κ3) is 4.12. The number of pyridine rings is 2. The van der Waals surface area contributed by atoms with E-state index in [1.165, 1.54) is 35.1 Å². The number of aromatic nitrogens is 2. The van der Waals surface area contributed by atoms with Crippen LogP contribution in [0.5, 0.6) is 0 Å². The van der Waals surface area contributed by atoms with Crippen LogP contribution < -0.4 is 10.5 Å². The number of nitriles is 1. The third-order valence-corrected chi connectivity index (χ3v) is 6.00. The van der Waals surface area contributed by atoms with Crippen LogP contribution in [0.2, 0.25) is 0 Å². The van der Waals surface area contributed by atoms with Crippen molar-refractivity contribution >= 4 is 22.6 Å². The van der Waals surface area contributed by atoms with Crippen molar-refractivity contribution in [3.8, 4) is 6.07 Å². The molecule has 1 aliphatic rings. The molecule has 1 saturated heterocycles. The predicted molar refractivity (Wildman–Crippen MR) is 123 cm³/mol. The minimum absolute atomic E-state index is 0.0356. The monoisotopic (exact) mass is 475 g/mol. The number of anilines is 1. The molecule has 8 nitrogen and oxygen atoms in total. The summed E-state index contributed by atoms with van der Waals surface area (Å²) in [7, 11) is 0. The summed E-state index contributed by atoms with van der Waals surface area (Å²) < 4.78 is 34.5. The quantitative estimate of drug-likeness (QED) is 0.450. The van der Waals surface area contributed by atoms with Gasteiger partial charge in [0.15, 0.2) is 5.76 Å². The van der Waals surface area contributed by atoms with Gasteiger partial charge >= 0.3 is 0 Å². The average molecular weight is 475 g/mol. The minimum Gasteiger partial charge on any atom is -0.459 e. The lowest BCUT2D eigenvalue weighted by atomic mass is 10.1. The fourth-order valence-corrected chi connectivity index (χ4v) is 4.37. The molecule has 1 amide bonds. The molecule has 176 valence electrons. The summed E-state index contributed by atoms with van der Waals surface area (Å²) in [5.41, 5.74) is 0.199. The van der Waals surface area contributed by atoms with Crippen molar-refractivity contribution in [3.63, 3.8) is 0 Å². The maximum Gasteiger partial charge on any atom is 0.289 e. The van der Waals surface area contributed by atoms with E-state index in [1.54, 1.807) is 28.0 Å². The maximum atomic E-state index is 14.3. The van der Waals surface area contributed by atoms with E-state index < -0.39 is 17.2 Å². The number of hydrogen-bond donors (Lipinski definition) is 0. The zero-order chi connectivity index (χ0) is 24.5. The van der Waals surface area contributed by atoms with E-state index in [2.05, 4.69) is 4.98 Å². The largest absolute Gasteiger partial charge is 0.459 e. The van der Waals surface area contributed by atoms with Crippen molar-refractivity contribution in [1.29, 1.82) is 5.26 Å². The standard InChI is InChI=1S/C25H19F2N5O3/c26-17-4-1-3-16(11-17)15-32-23-19(12-18(27)14-29-23)22(20(13-28)24(32)33)30-6-8-31(9-7-30)25(34)21-5-2-10-35-21/h1-5,10-12,14H,6-9,15H2. The maximum absolute atomic E-state index is 14.3. The predicted octanol–water partition coefficient (Wildman–Crippen LogP) is 3.15. The van der Waals surface area contributed by atoms with Crippen molar-refractivity contribution in [2.45, 2.75) is 6.54 Å². The lowest BCUT2D eigenvalue weighted by Gasteiger charge is -2.36. The molecule has 4 heterocycles. The van der Waals surface area contributed by atoms with Crippen LogP contribution in [-0.4, -0.2) is 46.5 Å². The normalized spacial score (nSPS) is 13.7. The summed E-state index contributed by atoms with van der Waals surface area (Å²) in [5.74, 6) is -1.10. The first-order valence-electron chi connectivity index (χ1n) is 10.9. The Hall–Kier alpha value is -4.52. The molecule has 0 N–H and O–H groups in total. The van der Waals surface area contributed by atoms with E-state index in [1.807, 2.05) is 6.07 Å². The van der Waals surface area contributed by atoms with Gasteiger partial charge in [0.05, 0.1) is 24.7 Å². The number of nitrogens with zero attached hydrogens (tertiary/aromatic N) is 5. The van der Waals surface area contributed by atoms with E-state index >= 15 is 0 Å². The van der Waals surface area contributed by atoms with Crippen LogP contribution in [0.25, 0.3) is 11.0 Å². The fourth-order valence-electron chi connectivity index (χ4n) is 4.37. The highest BCUT2D eigenvalue weighted by atomic mass is 19.1. The van der Waals surface area contributed by atoms with Gasteiger partial charge in [0.1, 0.15) is 28.9 Å². The summed E-state index contributed by atoms with van der Waals surface area (Å²) in [6.45, 7) is 1.24. The minimum atomic E-state index is -0.620. The van der Waals surface area contributed by atoms with Crippen LogP contribution in [-0.2, 0) is 6.54 Å². The third-order valence-electron chi connectivity index (χ3n) is 6.00. The fraction of sp³-hybridized carbons (Fsp3) is 0.200. The number of halogens is 2. The number of carbonyl (C=O) groups excluding carboxylic acids is 1. The lowest BCUT2D eigenvalue weighted by Crippen LogP contribution is -2.49. The van der Waals surface area contributed by atoms with Crippen LogP contribution in [0, 0.1) is 23.0 Å². The van der Waals surface area contributed by atoms with Gasteiger partial charge in [0, 0.05) is 31.6 Å².